The summed E-state index contributed by atoms with van der Waals surface area (Å²) >= 11 is 5.71. The van der Waals surface area contributed by atoms with E-state index < -0.39 is 24.3 Å². The first-order valence-electron chi connectivity index (χ1n) is 5.40. The Balaban J connectivity index is 2.32. The summed E-state index contributed by atoms with van der Waals surface area (Å²) in [6.07, 6.45) is 0. The molecule has 3 nitrogen and oxygen atoms in total. The smallest absolute Gasteiger partial charge is 0.399 e. The number of rotatable bonds is 1. The van der Waals surface area contributed by atoms with E-state index in [0.717, 1.165) is 0 Å². The predicted molar refractivity (Wildman–Crippen MR) is 64.9 cm³/mol. The molecule has 0 N–H and O–H groups in total. The zero-order chi connectivity index (χ0) is 12.8. The molecule has 17 heavy (non-hydrogen) atoms. The van der Waals surface area contributed by atoms with Crippen LogP contribution in [0, 0.1) is 5.95 Å². The fraction of sp³-hybridized carbons (Fsp3) is 0.545. The van der Waals surface area contributed by atoms with Crippen molar-refractivity contribution in [3.8, 4) is 0 Å². The van der Waals surface area contributed by atoms with Crippen molar-refractivity contribution in [2.45, 2.75) is 38.9 Å². The van der Waals surface area contributed by atoms with E-state index in [2.05, 4.69) is 4.98 Å². The number of pyridine rings is 1. The molecule has 0 aliphatic carbocycles. The maximum absolute atomic E-state index is 13.2. The molecule has 1 aliphatic heterocycles. The topological polar surface area (TPSA) is 31.4 Å². The van der Waals surface area contributed by atoms with Crippen molar-refractivity contribution in [1.29, 1.82) is 0 Å². The quantitative estimate of drug-likeness (QED) is 0.571. The van der Waals surface area contributed by atoms with Crippen molar-refractivity contribution in [3.63, 3.8) is 0 Å². The number of hydrogen-bond acceptors (Lipinski definition) is 3. The Morgan fingerprint density at radius 3 is 2.18 bits per heavy atom. The molecule has 0 unspecified atom stereocenters. The average molecular weight is 258 g/mol. The van der Waals surface area contributed by atoms with E-state index in [9.17, 15) is 4.39 Å². The Morgan fingerprint density at radius 1 is 1.18 bits per heavy atom. The number of halogens is 2. The van der Waals surface area contributed by atoms with Gasteiger partial charge in [-0.2, -0.15) is 4.39 Å². The summed E-state index contributed by atoms with van der Waals surface area (Å²) in [7, 11) is -0.616. The van der Waals surface area contributed by atoms with Crippen molar-refractivity contribution in [1.82, 2.24) is 4.98 Å². The van der Waals surface area contributed by atoms with Gasteiger partial charge in [-0.3, -0.25) is 0 Å². The lowest BCUT2D eigenvalue weighted by atomic mass is 9.80. The van der Waals surface area contributed by atoms with Gasteiger partial charge in [0.2, 0.25) is 5.95 Å². The molecular formula is C11H14BClFNO2. The SMILES string of the molecule is CC1(C)OB(c2cc(F)nc(Cl)c2)OC1(C)C. The number of hydrogen-bond donors (Lipinski definition) is 0. The number of aromatic nitrogens is 1. The fourth-order valence-electron chi connectivity index (χ4n) is 1.60. The normalized spacial score (nSPS) is 21.9. The second kappa shape index (κ2) is 3.94. The minimum atomic E-state index is -0.637. The molecule has 0 amide bonds. The first kappa shape index (κ1) is 12.8. The summed E-state index contributed by atoms with van der Waals surface area (Å²) in [6.45, 7) is 7.75. The molecule has 1 aromatic rings. The molecule has 1 aliphatic rings. The van der Waals surface area contributed by atoms with Crippen molar-refractivity contribution >= 4 is 24.2 Å². The molecule has 0 saturated carbocycles. The summed E-state index contributed by atoms with van der Waals surface area (Å²) in [4.78, 5) is 3.47. The third kappa shape index (κ3) is 2.32. The predicted octanol–water partition coefficient (Wildman–Crippen LogP) is 2.17. The van der Waals surface area contributed by atoms with Crippen LogP contribution in [0.25, 0.3) is 0 Å². The molecule has 6 heteroatoms. The molecule has 0 atom stereocenters. The van der Waals surface area contributed by atoms with Gasteiger partial charge in [0.15, 0.2) is 0 Å². The first-order chi connectivity index (χ1) is 7.71. The Labute approximate surface area is 105 Å². The van der Waals surface area contributed by atoms with E-state index in [1.165, 1.54) is 6.07 Å². The van der Waals surface area contributed by atoms with Crippen molar-refractivity contribution < 1.29 is 13.7 Å². The second-order valence-corrected chi connectivity index (χ2v) is 5.52. The number of nitrogens with zero attached hydrogens (tertiary/aromatic N) is 1. The molecule has 1 fully saturated rings. The molecule has 1 saturated heterocycles. The van der Waals surface area contributed by atoms with Gasteiger partial charge in [0.1, 0.15) is 5.15 Å². The van der Waals surface area contributed by atoms with Crippen LogP contribution in [0.1, 0.15) is 27.7 Å². The van der Waals surface area contributed by atoms with Gasteiger partial charge in [-0.1, -0.05) is 11.6 Å². The summed E-state index contributed by atoms with van der Waals surface area (Å²) in [5, 5.41) is 0.0923. The van der Waals surface area contributed by atoms with E-state index in [-0.39, 0.29) is 5.15 Å². The molecule has 0 aromatic carbocycles. The van der Waals surface area contributed by atoms with E-state index in [0.29, 0.717) is 5.46 Å². The van der Waals surface area contributed by atoms with Gasteiger partial charge in [0.25, 0.3) is 0 Å². The third-order valence-corrected chi connectivity index (χ3v) is 3.50. The zero-order valence-electron chi connectivity index (χ0n) is 10.3. The van der Waals surface area contributed by atoms with Gasteiger partial charge >= 0.3 is 7.12 Å². The van der Waals surface area contributed by atoms with Crippen LogP contribution in [0.15, 0.2) is 12.1 Å². The highest BCUT2D eigenvalue weighted by Crippen LogP contribution is 2.36. The third-order valence-electron chi connectivity index (χ3n) is 3.31. The van der Waals surface area contributed by atoms with Gasteiger partial charge in [0, 0.05) is 0 Å². The Morgan fingerprint density at radius 2 is 1.71 bits per heavy atom. The Bertz CT molecular complexity index is 417. The second-order valence-electron chi connectivity index (χ2n) is 5.13. The van der Waals surface area contributed by atoms with Crippen molar-refractivity contribution in [3.05, 3.63) is 23.2 Å². The summed E-state index contributed by atoms with van der Waals surface area (Å²) in [5.41, 5.74) is -0.366. The van der Waals surface area contributed by atoms with Gasteiger partial charge < -0.3 is 9.31 Å². The molecule has 2 heterocycles. The molecule has 0 bridgehead atoms. The molecule has 92 valence electrons. The highest BCUT2D eigenvalue weighted by atomic mass is 35.5. The lowest BCUT2D eigenvalue weighted by Gasteiger charge is -2.32. The van der Waals surface area contributed by atoms with Crippen LogP contribution < -0.4 is 5.46 Å². The van der Waals surface area contributed by atoms with E-state index in [1.807, 2.05) is 27.7 Å². The molecular weight excluding hydrogens is 243 g/mol. The van der Waals surface area contributed by atoms with E-state index in [1.54, 1.807) is 6.07 Å². The van der Waals surface area contributed by atoms with Crippen molar-refractivity contribution in [2.75, 3.05) is 0 Å². The first-order valence-corrected chi connectivity index (χ1v) is 5.78. The van der Waals surface area contributed by atoms with Crippen LogP contribution in [-0.4, -0.2) is 23.3 Å². The van der Waals surface area contributed by atoms with Crippen molar-refractivity contribution in [2.24, 2.45) is 0 Å². The van der Waals surface area contributed by atoms with Crippen LogP contribution in [0.2, 0.25) is 5.15 Å². The Hall–Kier alpha value is -0.645. The van der Waals surface area contributed by atoms with E-state index >= 15 is 0 Å². The van der Waals surface area contributed by atoms with Gasteiger partial charge in [-0.15, -0.1) is 0 Å². The fourth-order valence-corrected chi connectivity index (χ4v) is 1.81. The minimum Gasteiger partial charge on any atom is -0.399 e. The van der Waals surface area contributed by atoms with E-state index in [4.69, 9.17) is 20.9 Å². The lowest BCUT2D eigenvalue weighted by molar-refractivity contribution is 0.00578. The van der Waals surface area contributed by atoms with Crippen LogP contribution in [-0.2, 0) is 9.31 Å². The van der Waals surface area contributed by atoms with Crippen LogP contribution >= 0.6 is 11.6 Å². The van der Waals surface area contributed by atoms with Crippen LogP contribution in [0.4, 0.5) is 4.39 Å². The highest BCUT2D eigenvalue weighted by Gasteiger charge is 2.51. The van der Waals surface area contributed by atoms with Crippen LogP contribution in [0.5, 0.6) is 0 Å². The van der Waals surface area contributed by atoms with Gasteiger partial charge in [-0.05, 0) is 45.3 Å². The summed E-state index contributed by atoms with van der Waals surface area (Å²) < 4.78 is 24.7. The molecule has 0 radical (unpaired) electrons. The van der Waals surface area contributed by atoms with Crippen LogP contribution in [0.3, 0.4) is 0 Å². The highest BCUT2D eigenvalue weighted by molar-refractivity contribution is 6.62. The standard InChI is InChI=1S/C11H14BClFNO2/c1-10(2)11(3,4)17-12(16-10)7-5-8(13)15-9(14)6-7/h5-6H,1-4H3. The molecule has 2 rings (SSSR count). The maximum atomic E-state index is 13.2. The lowest BCUT2D eigenvalue weighted by Crippen LogP contribution is -2.41. The Kier molecular flexibility index (Phi) is 2.96. The largest absolute Gasteiger partial charge is 0.495 e. The summed E-state index contributed by atoms with van der Waals surface area (Å²) in [5.74, 6) is -0.637. The molecule has 1 aromatic heterocycles. The monoisotopic (exact) mass is 257 g/mol. The van der Waals surface area contributed by atoms with Gasteiger partial charge in [-0.25, -0.2) is 4.98 Å². The zero-order valence-corrected chi connectivity index (χ0v) is 11.0. The van der Waals surface area contributed by atoms with Gasteiger partial charge in [0.05, 0.1) is 11.2 Å². The minimum absolute atomic E-state index is 0.0923. The maximum Gasteiger partial charge on any atom is 0.495 e. The average Bonchev–Trinajstić information content (AvgIpc) is 2.34. The molecule has 0 spiro atoms. The summed E-state index contributed by atoms with van der Waals surface area (Å²) in [6, 6.07) is 2.82.